The van der Waals surface area contributed by atoms with Crippen LogP contribution in [-0.4, -0.2) is 14.8 Å². The Labute approximate surface area is 102 Å². The highest BCUT2D eigenvalue weighted by molar-refractivity contribution is 5.52. The number of rotatable bonds is 2. The van der Waals surface area contributed by atoms with Crippen LogP contribution in [0.2, 0.25) is 0 Å². The molecule has 2 unspecified atom stereocenters. The van der Waals surface area contributed by atoms with Crippen LogP contribution in [-0.2, 0) is 0 Å². The fraction of sp³-hybridized carbons (Fsp3) is 0.500. The van der Waals surface area contributed by atoms with Gasteiger partial charge in [-0.3, -0.25) is 14.8 Å². The van der Waals surface area contributed by atoms with Gasteiger partial charge in [-0.2, -0.15) is 0 Å². The summed E-state index contributed by atoms with van der Waals surface area (Å²) in [5, 5.41) is 3.42. The maximum atomic E-state index is 4.34. The Bertz CT molecular complexity index is 457. The van der Waals surface area contributed by atoms with Gasteiger partial charge in [0.15, 0.2) is 0 Å². The molecule has 3 nitrogen and oxygen atoms in total. The molecule has 1 aliphatic rings. The van der Waals surface area contributed by atoms with Crippen molar-refractivity contribution in [1.29, 1.82) is 0 Å². The molecule has 0 amide bonds. The second-order valence-corrected chi connectivity index (χ2v) is 5.20. The molecule has 2 aromatic rings. The van der Waals surface area contributed by atoms with Crippen molar-refractivity contribution in [2.45, 2.75) is 38.6 Å². The molecular weight excluding hydrogens is 210 g/mol. The van der Waals surface area contributed by atoms with Crippen LogP contribution in [0, 0.1) is 5.92 Å². The molecule has 0 saturated heterocycles. The third-order valence-corrected chi connectivity index (χ3v) is 3.76. The number of hydrogen-bond donors (Lipinski definition) is 1. The molecule has 2 heterocycles. The number of H-pyrrole nitrogens is 1. The number of aromatic nitrogens is 3. The van der Waals surface area contributed by atoms with Crippen LogP contribution in [0.15, 0.2) is 30.6 Å². The molecule has 2 atom stereocenters. The number of aromatic amines is 1. The Hall–Kier alpha value is -1.51. The summed E-state index contributed by atoms with van der Waals surface area (Å²) in [5.41, 5.74) is 2.18. The van der Waals surface area contributed by atoms with Gasteiger partial charge >= 0.3 is 0 Å². The molecule has 17 heavy (non-hydrogen) atoms. The van der Waals surface area contributed by atoms with Crippen LogP contribution < -0.4 is 0 Å². The Morgan fingerprint density at radius 3 is 2.94 bits per heavy atom. The van der Waals surface area contributed by atoms with Gasteiger partial charge in [0.05, 0.1) is 17.4 Å². The minimum atomic E-state index is 0.672. The van der Waals surface area contributed by atoms with Crippen molar-refractivity contribution in [3.05, 3.63) is 30.6 Å². The normalized spacial score (nSPS) is 25.0. The highest BCUT2D eigenvalue weighted by Gasteiger charge is 2.21. The van der Waals surface area contributed by atoms with Crippen LogP contribution in [0.5, 0.6) is 0 Å². The summed E-state index contributed by atoms with van der Waals surface area (Å²) in [7, 11) is 0. The van der Waals surface area contributed by atoms with Gasteiger partial charge in [0.25, 0.3) is 0 Å². The summed E-state index contributed by atoms with van der Waals surface area (Å²) in [6.45, 7) is 2.36. The first-order chi connectivity index (χ1) is 8.33. The maximum Gasteiger partial charge on any atom is 0.0976 e. The minimum absolute atomic E-state index is 0.672. The first-order valence-electron chi connectivity index (χ1n) is 6.51. The highest BCUT2D eigenvalue weighted by Crippen LogP contribution is 2.33. The summed E-state index contributed by atoms with van der Waals surface area (Å²) in [6.07, 6.45) is 9.40. The van der Waals surface area contributed by atoms with Crippen molar-refractivity contribution in [2.75, 3.05) is 0 Å². The summed E-state index contributed by atoms with van der Waals surface area (Å²) >= 11 is 0. The number of hydrogen-bond acceptors (Lipinski definition) is 1. The second kappa shape index (κ2) is 4.40. The molecule has 0 spiro atoms. The van der Waals surface area contributed by atoms with E-state index in [1.165, 1.54) is 25.7 Å². The molecule has 3 rings (SSSR count). The van der Waals surface area contributed by atoms with Crippen molar-refractivity contribution in [3.8, 4) is 11.4 Å². The third-order valence-electron chi connectivity index (χ3n) is 3.76. The Kier molecular flexibility index (Phi) is 2.75. The predicted molar refractivity (Wildman–Crippen MR) is 68.7 cm³/mol. The summed E-state index contributed by atoms with van der Waals surface area (Å²) in [4.78, 5) is 4.34. The predicted octanol–water partition coefficient (Wildman–Crippen LogP) is 3.63. The van der Waals surface area contributed by atoms with E-state index in [0.29, 0.717) is 6.04 Å². The van der Waals surface area contributed by atoms with Gasteiger partial charge < -0.3 is 0 Å². The SMILES string of the molecule is CC1CCCC(n2cc(-c3ccccn3)[nH]2)C1. The first-order valence-corrected chi connectivity index (χ1v) is 6.51. The molecule has 0 aromatic carbocycles. The van der Waals surface area contributed by atoms with E-state index in [2.05, 4.69) is 27.9 Å². The smallest absolute Gasteiger partial charge is 0.0976 e. The number of pyridine rings is 1. The van der Waals surface area contributed by atoms with E-state index in [4.69, 9.17) is 0 Å². The average Bonchev–Trinajstić information content (AvgIpc) is 2.28. The van der Waals surface area contributed by atoms with E-state index in [9.17, 15) is 0 Å². The van der Waals surface area contributed by atoms with Crippen molar-refractivity contribution >= 4 is 0 Å². The largest absolute Gasteiger partial charge is 0.295 e. The zero-order valence-electron chi connectivity index (χ0n) is 10.3. The Morgan fingerprint density at radius 1 is 1.35 bits per heavy atom. The van der Waals surface area contributed by atoms with Gasteiger partial charge in [0, 0.05) is 12.4 Å². The monoisotopic (exact) mass is 229 g/mol. The van der Waals surface area contributed by atoms with E-state index in [-0.39, 0.29) is 0 Å². The topological polar surface area (TPSA) is 33.6 Å². The van der Waals surface area contributed by atoms with Gasteiger partial charge in [0.2, 0.25) is 0 Å². The highest BCUT2D eigenvalue weighted by atomic mass is 15.3. The lowest BCUT2D eigenvalue weighted by atomic mass is 9.87. The van der Waals surface area contributed by atoms with E-state index in [1.807, 2.05) is 24.4 Å². The Balaban J connectivity index is 1.71. The molecule has 0 bridgehead atoms. The van der Waals surface area contributed by atoms with Crippen LogP contribution in [0.4, 0.5) is 0 Å². The van der Waals surface area contributed by atoms with Gasteiger partial charge in [-0.15, -0.1) is 0 Å². The first kappa shape index (κ1) is 10.6. The quantitative estimate of drug-likeness (QED) is 0.838. The van der Waals surface area contributed by atoms with Crippen LogP contribution in [0.3, 0.4) is 0 Å². The molecule has 1 N–H and O–H groups in total. The fourth-order valence-electron chi connectivity index (χ4n) is 2.77. The molecule has 1 aliphatic carbocycles. The van der Waals surface area contributed by atoms with Crippen LogP contribution in [0.1, 0.15) is 38.6 Å². The lowest BCUT2D eigenvalue weighted by molar-refractivity contribution is 0.258. The Morgan fingerprint density at radius 2 is 2.24 bits per heavy atom. The standard InChI is InChI=1S/C14H19N3/c1-11-5-4-6-12(9-11)17-10-14(16-17)13-7-2-3-8-15-13/h2-3,7-8,10-12,16H,4-6,9H2,1H3. The fourth-order valence-corrected chi connectivity index (χ4v) is 2.77. The van der Waals surface area contributed by atoms with Gasteiger partial charge in [-0.25, -0.2) is 0 Å². The lowest BCUT2D eigenvalue weighted by Crippen LogP contribution is -2.22. The molecule has 1 fully saturated rings. The van der Waals surface area contributed by atoms with Gasteiger partial charge in [0.1, 0.15) is 0 Å². The zero-order chi connectivity index (χ0) is 11.7. The summed E-state index contributed by atoms with van der Waals surface area (Å²) < 4.78 is 2.26. The molecular formula is C14H19N3. The van der Waals surface area contributed by atoms with E-state index in [1.54, 1.807) is 0 Å². The molecule has 0 aliphatic heterocycles. The molecule has 1 saturated carbocycles. The maximum absolute atomic E-state index is 4.34. The number of nitrogens with zero attached hydrogens (tertiary/aromatic N) is 2. The van der Waals surface area contributed by atoms with Crippen LogP contribution in [0.25, 0.3) is 11.4 Å². The third kappa shape index (κ3) is 2.14. The van der Waals surface area contributed by atoms with E-state index < -0.39 is 0 Å². The molecule has 2 aromatic heterocycles. The lowest BCUT2D eigenvalue weighted by Gasteiger charge is -2.31. The minimum Gasteiger partial charge on any atom is -0.295 e. The van der Waals surface area contributed by atoms with Crippen molar-refractivity contribution in [3.63, 3.8) is 0 Å². The van der Waals surface area contributed by atoms with Crippen molar-refractivity contribution in [2.24, 2.45) is 5.92 Å². The van der Waals surface area contributed by atoms with Crippen LogP contribution >= 0.6 is 0 Å². The second-order valence-electron chi connectivity index (χ2n) is 5.20. The van der Waals surface area contributed by atoms with E-state index >= 15 is 0 Å². The van der Waals surface area contributed by atoms with E-state index in [0.717, 1.165) is 17.3 Å². The van der Waals surface area contributed by atoms with Crippen molar-refractivity contribution < 1.29 is 0 Å². The number of nitrogens with one attached hydrogen (secondary N) is 1. The summed E-state index contributed by atoms with van der Waals surface area (Å²) in [6, 6.07) is 6.69. The van der Waals surface area contributed by atoms with Gasteiger partial charge in [-0.05, 0) is 30.9 Å². The molecule has 0 radical (unpaired) electrons. The summed E-state index contributed by atoms with van der Waals surface area (Å²) in [5.74, 6) is 0.864. The molecule has 90 valence electrons. The average molecular weight is 229 g/mol. The van der Waals surface area contributed by atoms with Gasteiger partial charge in [-0.1, -0.05) is 25.8 Å². The molecule has 3 heteroatoms. The van der Waals surface area contributed by atoms with Crippen molar-refractivity contribution in [1.82, 2.24) is 14.8 Å². The zero-order valence-corrected chi connectivity index (χ0v) is 10.3.